The number of hydrogen-bond acceptors (Lipinski definition) is 1. The third-order valence-corrected chi connectivity index (χ3v) is 6.89. The van der Waals surface area contributed by atoms with Crippen LogP contribution in [0.3, 0.4) is 0 Å². The van der Waals surface area contributed by atoms with Crippen LogP contribution in [0.15, 0.2) is 162 Å². The van der Waals surface area contributed by atoms with E-state index in [1.54, 1.807) is 0 Å². The molecule has 9 rings (SSSR count). The normalized spacial score (nSPS) is 20.2. The van der Waals surface area contributed by atoms with Gasteiger partial charge in [0.2, 0.25) is 0 Å². The van der Waals surface area contributed by atoms with E-state index in [2.05, 4.69) is 0 Å². The number of rotatable bonds is 3. The van der Waals surface area contributed by atoms with Gasteiger partial charge in [-0.3, -0.25) is 0 Å². The molecule has 0 amide bonds. The second-order valence-corrected chi connectivity index (χ2v) is 9.26. The molecule has 0 unspecified atom stereocenters. The fraction of sp³-hybridized carbons (Fsp3) is 0. The van der Waals surface area contributed by atoms with Crippen molar-refractivity contribution in [3.05, 3.63) is 157 Å². The molecule has 0 aliphatic carbocycles. The smallest absolute Gasteiger partial charge is 0.136 e. The maximum absolute atomic E-state index is 9.77. The van der Waals surface area contributed by atoms with E-state index in [-0.39, 0.29) is 0 Å². The summed E-state index contributed by atoms with van der Waals surface area (Å²) >= 11 is 0. The first-order valence-electron chi connectivity index (χ1n) is 25.7. The molecule has 0 bridgehead atoms. The molecule has 0 spiro atoms. The summed E-state index contributed by atoms with van der Waals surface area (Å²) in [4.78, 5) is 0. The average Bonchev–Trinajstić information content (AvgIpc) is 3.74. The van der Waals surface area contributed by atoms with Gasteiger partial charge in [-0.2, -0.15) is 0 Å². The Morgan fingerprint density at radius 1 is 0.326 bits per heavy atom. The van der Waals surface area contributed by atoms with Gasteiger partial charge >= 0.3 is 0 Å². The lowest BCUT2D eigenvalue weighted by atomic mass is 9.85. The fourth-order valence-corrected chi connectivity index (χ4v) is 5.08. The van der Waals surface area contributed by atoms with Crippen LogP contribution in [-0.2, 0) is 0 Å². The maximum Gasteiger partial charge on any atom is 0.136 e. The number of fused-ring (bicyclic) bond motifs is 6. The molecule has 9 aromatic rings. The third-order valence-electron chi connectivity index (χ3n) is 6.89. The Morgan fingerprint density at radius 3 is 1.51 bits per heavy atom. The molecule has 200 valence electrons. The van der Waals surface area contributed by atoms with E-state index < -0.39 is 245 Å². The SMILES string of the molecule is [2H]c1c([2H])c([2H])c(-c2c([2H])c([2H])c([2H])c(-c3c4c([2H])c([2H])c([2H])c([2H])c4c(-c4c([2H])c([2H])c5oc6c([2H])c7c([2H])c([2H])c([2H])c([2H])c7c([2H])c6c5c4[2H])c4c([2H])c([2H])c([2H])c([2H])c34)c2[2H])c([2H])c1[2H]. The van der Waals surface area contributed by atoms with Gasteiger partial charge in [0.1, 0.15) is 11.2 Å². The van der Waals surface area contributed by atoms with Crippen molar-refractivity contribution >= 4 is 54.3 Å². The molecule has 0 fully saturated rings. The molecule has 0 radical (unpaired) electrons. The van der Waals surface area contributed by atoms with Gasteiger partial charge < -0.3 is 4.42 Å². The highest BCUT2D eigenvalue weighted by atomic mass is 16.3. The maximum atomic E-state index is 9.77. The van der Waals surface area contributed by atoms with Crippen molar-refractivity contribution in [2.75, 3.05) is 0 Å². The van der Waals surface area contributed by atoms with E-state index in [1.165, 1.54) is 0 Å². The van der Waals surface area contributed by atoms with Gasteiger partial charge in [0.05, 0.1) is 35.6 Å². The second-order valence-electron chi connectivity index (χ2n) is 9.26. The Kier molecular flexibility index (Phi) is 2.13. The average molecular weight is 573 g/mol. The van der Waals surface area contributed by atoms with Gasteiger partial charge in [0.25, 0.3) is 0 Å². The lowest BCUT2D eigenvalue weighted by Crippen LogP contribution is -1.91. The third kappa shape index (κ3) is 3.79. The molecule has 1 heteroatoms. The summed E-state index contributed by atoms with van der Waals surface area (Å²) in [7, 11) is 0. The van der Waals surface area contributed by atoms with Crippen LogP contribution < -0.4 is 0 Å². The zero-order valence-electron chi connectivity index (χ0n) is 47.4. The molecule has 1 nitrogen and oxygen atoms in total. The van der Waals surface area contributed by atoms with E-state index in [9.17, 15) is 13.7 Å². The molecular formula is C42H26O. The predicted molar refractivity (Wildman–Crippen MR) is 183 cm³/mol. The first-order chi connectivity index (χ1) is 32.2. The molecule has 1 heterocycles. The molecule has 0 saturated carbocycles. The van der Waals surface area contributed by atoms with E-state index in [4.69, 9.17) is 26.3 Å². The summed E-state index contributed by atoms with van der Waals surface area (Å²) in [6, 6.07) is -23.5. The minimum absolute atomic E-state index is 0.437. The first kappa shape index (κ1) is 9.69. The minimum Gasteiger partial charge on any atom is -0.456 e. The number of furan rings is 1. The largest absolute Gasteiger partial charge is 0.456 e. The van der Waals surface area contributed by atoms with Crippen molar-refractivity contribution in [1.29, 1.82) is 0 Å². The predicted octanol–water partition coefficient (Wildman–Crippen LogP) is 12.0. The second kappa shape index (κ2) is 9.44. The molecule has 43 heavy (non-hydrogen) atoms. The molecule has 8 aromatic carbocycles. The van der Waals surface area contributed by atoms with E-state index in [0.29, 0.717) is 0 Å². The molecule has 0 N–H and O–H groups in total. The van der Waals surface area contributed by atoms with Crippen LogP contribution in [0.4, 0.5) is 0 Å². The Morgan fingerprint density at radius 2 is 0.837 bits per heavy atom. The van der Waals surface area contributed by atoms with Crippen molar-refractivity contribution in [1.82, 2.24) is 0 Å². The Labute approximate surface area is 285 Å². The molecule has 0 aliphatic rings. The monoisotopic (exact) mass is 572 g/mol. The fourth-order valence-electron chi connectivity index (χ4n) is 5.08. The quantitative estimate of drug-likeness (QED) is 0.192. The van der Waals surface area contributed by atoms with Crippen molar-refractivity contribution in [3.8, 4) is 33.4 Å². The van der Waals surface area contributed by atoms with E-state index >= 15 is 0 Å². The lowest BCUT2D eigenvalue weighted by molar-refractivity contribution is 0.669. The molecule has 0 aliphatic heterocycles. The summed E-state index contributed by atoms with van der Waals surface area (Å²) in [5.74, 6) is 0. The van der Waals surface area contributed by atoms with Gasteiger partial charge in [0.15, 0.2) is 0 Å². The molecular weight excluding hydrogens is 520 g/mol. The van der Waals surface area contributed by atoms with Crippen LogP contribution in [0.1, 0.15) is 35.6 Å². The highest BCUT2D eigenvalue weighted by Gasteiger charge is 2.18. The van der Waals surface area contributed by atoms with Crippen LogP contribution >= 0.6 is 0 Å². The molecule has 1 aromatic heterocycles. The highest BCUT2D eigenvalue weighted by molar-refractivity contribution is 6.22. The van der Waals surface area contributed by atoms with Gasteiger partial charge in [-0.05, 0) is 95.9 Å². The van der Waals surface area contributed by atoms with Crippen molar-refractivity contribution < 1.29 is 40.1 Å². The van der Waals surface area contributed by atoms with Gasteiger partial charge in [-0.15, -0.1) is 0 Å². The molecule has 0 atom stereocenters. The van der Waals surface area contributed by atoms with Crippen LogP contribution in [0.5, 0.6) is 0 Å². The highest BCUT2D eigenvalue weighted by Crippen LogP contribution is 2.45. The van der Waals surface area contributed by atoms with E-state index in [0.717, 1.165) is 0 Å². The number of benzene rings is 8. The van der Waals surface area contributed by atoms with Crippen molar-refractivity contribution in [2.24, 2.45) is 0 Å². The summed E-state index contributed by atoms with van der Waals surface area (Å²) in [5, 5.41) is -4.78. The summed E-state index contributed by atoms with van der Waals surface area (Å²) in [5.41, 5.74) is -5.76. The number of hydrogen-bond donors (Lipinski definition) is 0. The molecule has 0 saturated heterocycles. The summed E-state index contributed by atoms with van der Waals surface area (Å²) < 4.78 is 238. The van der Waals surface area contributed by atoms with Gasteiger partial charge in [-0.25, -0.2) is 0 Å². The Bertz CT molecular complexity index is 3860. The zero-order valence-corrected chi connectivity index (χ0v) is 21.4. The minimum atomic E-state index is -1.04. The topological polar surface area (TPSA) is 13.1 Å². The van der Waals surface area contributed by atoms with Gasteiger partial charge in [-0.1, -0.05) is 127 Å². The van der Waals surface area contributed by atoms with Crippen molar-refractivity contribution in [2.45, 2.75) is 0 Å². The van der Waals surface area contributed by atoms with E-state index in [1.807, 2.05) is 0 Å². The van der Waals surface area contributed by atoms with Crippen LogP contribution in [0, 0.1) is 0 Å². The van der Waals surface area contributed by atoms with Crippen molar-refractivity contribution in [3.63, 3.8) is 0 Å². The summed E-state index contributed by atoms with van der Waals surface area (Å²) in [6.45, 7) is 0. The lowest BCUT2D eigenvalue weighted by Gasteiger charge is -2.18. The first-order valence-corrected chi connectivity index (χ1v) is 12.7. The van der Waals surface area contributed by atoms with Crippen LogP contribution in [-0.4, -0.2) is 0 Å². The zero-order chi connectivity index (χ0) is 51.0. The standard InChI is InChI=1S/C42H26O/c1-2-11-27(12-3-1)28-15-10-16-31(23-28)41-33-17-6-8-19-35(33)42(36-20-9-7-18-34(36)41)32-21-22-39-37(25-32)38-24-29-13-4-5-14-30(29)26-40(38)43-39/h1-26H/i1D,2D,3D,4D,5D,6D,7D,8D,9D,10D,11D,12D,13D,14D,15D,16D,17D,18D,19D,20D,21D,22D,23D,24D,25D,26D. The Hall–Kier alpha value is -5.66. The Balaban J connectivity index is 1.60. The summed E-state index contributed by atoms with van der Waals surface area (Å²) in [6.07, 6.45) is 0. The van der Waals surface area contributed by atoms with Crippen LogP contribution in [0.25, 0.3) is 87.6 Å². The van der Waals surface area contributed by atoms with Crippen LogP contribution in [0.2, 0.25) is 0 Å². The van der Waals surface area contributed by atoms with Gasteiger partial charge in [0, 0.05) is 10.8 Å².